The Hall–Kier alpha value is -0.650. The van der Waals surface area contributed by atoms with E-state index >= 15 is 0 Å². The average molecular weight is 286 g/mol. The van der Waals surface area contributed by atoms with Gasteiger partial charge in [0.05, 0.1) is 6.61 Å². The molecule has 0 aliphatic carbocycles. The van der Waals surface area contributed by atoms with Gasteiger partial charge in [-0.05, 0) is 52.1 Å². The van der Waals surface area contributed by atoms with Crippen LogP contribution in [0.2, 0.25) is 0 Å². The quantitative estimate of drug-likeness (QED) is 0.674. The molecule has 1 saturated heterocycles. The van der Waals surface area contributed by atoms with Gasteiger partial charge in [0.2, 0.25) is 0 Å². The first kappa shape index (κ1) is 17.4. The van der Waals surface area contributed by atoms with Crippen LogP contribution in [0.25, 0.3) is 0 Å². The number of rotatable bonds is 9. The second-order valence-electron chi connectivity index (χ2n) is 6.22. The molecule has 0 amide bonds. The van der Waals surface area contributed by atoms with Crippen LogP contribution in [-0.4, -0.2) is 60.9 Å². The fraction of sp³-hybridized carbons (Fsp3) is 0.933. The number of nitrogens with one attached hydrogen (secondary N) is 1. The van der Waals surface area contributed by atoms with Crippen molar-refractivity contribution < 1.29 is 14.6 Å². The fourth-order valence-corrected chi connectivity index (χ4v) is 2.99. The van der Waals surface area contributed by atoms with E-state index in [0.717, 1.165) is 39.1 Å². The Morgan fingerprint density at radius 2 is 2.30 bits per heavy atom. The van der Waals surface area contributed by atoms with Crippen LogP contribution in [-0.2, 0) is 9.53 Å². The summed E-state index contributed by atoms with van der Waals surface area (Å²) in [4.78, 5) is 13.9. The van der Waals surface area contributed by atoms with Crippen molar-refractivity contribution in [1.29, 1.82) is 0 Å². The normalized spacial score (nSPS) is 24.5. The van der Waals surface area contributed by atoms with Crippen LogP contribution in [0, 0.1) is 5.92 Å². The molecule has 0 radical (unpaired) electrons. The summed E-state index contributed by atoms with van der Waals surface area (Å²) in [5.74, 6) is -0.174. The van der Waals surface area contributed by atoms with Crippen molar-refractivity contribution in [3.05, 3.63) is 0 Å². The molecule has 3 unspecified atom stereocenters. The van der Waals surface area contributed by atoms with Gasteiger partial charge in [-0.3, -0.25) is 4.79 Å². The van der Waals surface area contributed by atoms with E-state index < -0.39 is 11.5 Å². The topological polar surface area (TPSA) is 61.8 Å². The zero-order valence-electron chi connectivity index (χ0n) is 13.3. The van der Waals surface area contributed by atoms with Gasteiger partial charge in [0.15, 0.2) is 0 Å². The maximum Gasteiger partial charge on any atom is 0.323 e. The lowest BCUT2D eigenvalue weighted by molar-refractivity contribution is -0.145. The van der Waals surface area contributed by atoms with E-state index in [0.29, 0.717) is 12.3 Å². The van der Waals surface area contributed by atoms with Crippen LogP contribution in [0.15, 0.2) is 0 Å². The standard InChI is InChI=1S/C15H30N2O3/c1-5-7-16-15(3,14(18)19)9-12(2)17-8-6-13(10-17)11-20-4/h12-13,16H,5-11H2,1-4H3,(H,18,19). The molecule has 118 valence electrons. The van der Waals surface area contributed by atoms with E-state index in [-0.39, 0.29) is 6.04 Å². The second kappa shape index (κ2) is 7.96. The summed E-state index contributed by atoms with van der Waals surface area (Å²) in [7, 11) is 1.74. The van der Waals surface area contributed by atoms with Gasteiger partial charge in [-0.2, -0.15) is 0 Å². The number of likely N-dealkylation sites (tertiary alicyclic amines) is 1. The summed E-state index contributed by atoms with van der Waals surface area (Å²) < 4.78 is 5.21. The predicted octanol–water partition coefficient (Wildman–Crippen LogP) is 1.58. The number of carboxylic acid groups (broad SMARTS) is 1. The van der Waals surface area contributed by atoms with Crippen molar-refractivity contribution in [1.82, 2.24) is 10.2 Å². The van der Waals surface area contributed by atoms with Crippen LogP contribution in [0.5, 0.6) is 0 Å². The van der Waals surface area contributed by atoms with E-state index in [1.165, 1.54) is 0 Å². The molecule has 20 heavy (non-hydrogen) atoms. The highest BCUT2D eigenvalue weighted by atomic mass is 16.5. The maximum atomic E-state index is 11.5. The van der Waals surface area contributed by atoms with Crippen LogP contribution >= 0.6 is 0 Å². The molecule has 1 fully saturated rings. The molecule has 1 aliphatic rings. The SMILES string of the molecule is CCCNC(C)(CC(C)N1CCC(COC)C1)C(=O)O. The third-order valence-corrected chi connectivity index (χ3v) is 4.28. The van der Waals surface area contributed by atoms with Gasteiger partial charge in [-0.25, -0.2) is 0 Å². The molecule has 0 bridgehead atoms. The minimum absolute atomic E-state index is 0.266. The Kier molecular flexibility index (Phi) is 6.92. The zero-order valence-corrected chi connectivity index (χ0v) is 13.3. The zero-order chi connectivity index (χ0) is 15.2. The molecule has 5 heteroatoms. The van der Waals surface area contributed by atoms with E-state index in [9.17, 15) is 9.90 Å². The number of nitrogens with zero attached hydrogens (tertiary/aromatic N) is 1. The van der Waals surface area contributed by atoms with Crippen LogP contribution in [0.4, 0.5) is 0 Å². The fourth-order valence-electron chi connectivity index (χ4n) is 2.99. The molecule has 1 aliphatic heterocycles. The largest absolute Gasteiger partial charge is 0.480 e. The Morgan fingerprint density at radius 1 is 1.60 bits per heavy atom. The summed E-state index contributed by atoms with van der Waals surface area (Å²) in [6.07, 6.45) is 2.71. The lowest BCUT2D eigenvalue weighted by atomic mass is 9.92. The van der Waals surface area contributed by atoms with E-state index in [1.54, 1.807) is 14.0 Å². The molecule has 5 nitrogen and oxygen atoms in total. The number of carbonyl (C=O) groups is 1. The molecule has 0 spiro atoms. The first-order chi connectivity index (χ1) is 9.42. The molecular formula is C15H30N2O3. The molecular weight excluding hydrogens is 256 g/mol. The van der Waals surface area contributed by atoms with Crippen molar-refractivity contribution in [3.63, 3.8) is 0 Å². The number of hydrogen-bond acceptors (Lipinski definition) is 4. The van der Waals surface area contributed by atoms with E-state index in [2.05, 4.69) is 24.1 Å². The summed E-state index contributed by atoms with van der Waals surface area (Å²) in [5.41, 5.74) is -0.839. The molecule has 0 saturated carbocycles. The molecule has 1 rings (SSSR count). The van der Waals surface area contributed by atoms with Gasteiger partial charge in [0.1, 0.15) is 5.54 Å². The third-order valence-electron chi connectivity index (χ3n) is 4.28. The van der Waals surface area contributed by atoms with Gasteiger partial charge < -0.3 is 20.1 Å². The molecule has 1 heterocycles. The highest BCUT2D eigenvalue weighted by Gasteiger charge is 2.37. The number of hydrogen-bond donors (Lipinski definition) is 2. The Labute approximate surface area is 122 Å². The molecule has 0 aromatic carbocycles. The minimum atomic E-state index is -0.839. The van der Waals surface area contributed by atoms with Gasteiger partial charge in [-0.1, -0.05) is 6.92 Å². The predicted molar refractivity (Wildman–Crippen MR) is 80.0 cm³/mol. The van der Waals surface area contributed by atoms with Crippen molar-refractivity contribution in [2.75, 3.05) is 33.4 Å². The second-order valence-corrected chi connectivity index (χ2v) is 6.22. The maximum absolute atomic E-state index is 11.5. The van der Waals surface area contributed by atoms with Gasteiger partial charge in [-0.15, -0.1) is 0 Å². The summed E-state index contributed by atoms with van der Waals surface area (Å²) >= 11 is 0. The van der Waals surface area contributed by atoms with Crippen LogP contribution < -0.4 is 5.32 Å². The Balaban J connectivity index is 2.54. The van der Waals surface area contributed by atoms with Crippen LogP contribution in [0.3, 0.4) is 0 Å². The van der Waals surface area contributed by atoms with Crippen LogP contribution in [0.1, 0.15) is 40.0 Å². The average Bonchev–Trinajstić information content (AvgIpc) is 2.85. The van der Waals surface area contributed by atoms with Crippen molar-refractivity contribution in [2.45, 2.75) is 51.6 Å². The Morgan fingerprint density at radius 3 is 2.85 bits per heavy atom. The van der Waals surface area contributed by atoms with Gasteiger partial charge in [0.25, 0.3) is 0 Å². The minimum Gasteiger partial charge on any atom is -0.480 e. The van der Waals surface area contributed by atoms with Crippen molar-refractivity contribution in [3.8, 4) is 0 Å². The molecule has 3 atom stereocenters. The Bertz CT molecular complexity index is 311. The lowest BCUT2D eigenvalue weighted by Gasteiger charge is -2.33. The highest BCUT2D eigenvalue weighted by molar-refractivity contribution is 5.78. The van der Waals surface area contributed by atoms with E-state index in [1.807, 2.05) is 0 Å². The first-order valence-corrected chi connectivity index (χ1v) is 7.64. The highest BCUT2D eigenvalue weighted by Crippen LogP contribution is 2.23. The van der Waals surface area contributed by atoms with Gasteiger partial charge >= 0.3 is 5.97 Å². The van der Waals surface area contributed by atoms with Crippen molar-refractivity contribution >= 4 is 5.97 Å². The summed E-state index contributed by atoms with van der Waals surface area (Å²) in [5, 5.41) is 12.7. The molecule has 0 aromatic heterocycles. The third kappa shape index (κ3) is 4.72. The smallest absolute Gasteiger partial charge is 0.323 e. The van der Waals surface area contributed by atoms with E-state index in [4.69, 9.17) is 4.74 Å². The number of aliphatic carboxylic acids is 1. The summed E-state index contributed by atoms with van der Waals surface area (Å²) in [6.45, 7) is 9.56. The first-order valence-electron chi connectivity index (χ1n) is 7.64. The summed E-state index contributed by atoms with van der Waals surface area (Å²) in [6, 6.07) is 0.266. The van der Waals surface area contributed by atoms with Gasteiger partial charge in [0, 0.05) is 19.7 Å². The molecule has 0 aromatic rings. The number of carboxylic acids is 1. The monoisotopic (exact) mass is 286 g/mol. The lowest BCUT2D eigenvalue weighted by Crippen LogP contribution is -2.53. The number of ether oxygens (including phenoxy) is 1. The van der Waals surface area contributed by atoms with Crippen molar-refractivity contribution in [2.24, 2.45) is 5.92 Å². The molecule has 2 N–H and O–H groups in total. The number of methoxy groups -OCH3 is 1.